The average Bonchev–Trinajstić information content (AvgIpc) is 3.43. The molecule has 1 unspecified atom stereocenters. The van der Waals surface area contributed by atoms with Crippen LogP contribution in [0.3, 0.4) is 0 Å². The van der Waals surface area contributed by atoms with Crippen molar-refractivity contribution >= 4 is 17.3 Å². The van der Waals surface area contributed by atoms with Gasteiger partial charge in [-0.05, 0) is 49.7 Å². The zero-order chi connectivity index (χ0) is 19.2. The topological polar surface area (TPSA) is 43.3 Å². The molecule has 6 nitrogen and oxygen atoms in total. The molecule has 4 heterocycles. The van der Waals surface area contributed by atoms with Crippen LogP contribution < -0.4 is 5.32 Å². The second kappa shape index (κ2) is 10.1. The summed E-state index contributed by atoms with van der Waals surface area (Å²) in [4.78, 5) is 13.7. The normalized spacial score (nSPS) is 26.1. The lowest BCUT2D eigenvalue weighted by Crippen LogP contribution is -2.47. The van der Waals surface area contributed by atoms with Gasteiger partial charge in [0.15, 0.2) is 5.96 Å². The number of hydrogen-bond donors (Lipinski definition) is 1. The third-order valence-electron chi connectivity index (χ3n) is 6.45. The van der Waals surface area contributed by atoms with Crippen LogP contribution >= 0.6 is 11.3 Å². The SMILES string of the molecule is CN=C(NCC1CCN(Cc2cccs2)CC1)N1CCC(N2CCOCC2)C1. The van der Waals surface area contributed by atoms with E-state index in [4.69, 9.17) is 4.74 Å². The van der Waals surface area contributed by atoms with Crippen LogP contribution in [0.2, 0.25) is 0 Å². The number of thiophene rings is 1. The lowest BCUT2D eigenvalue weighted by Gasteiger charge is -2.33. The highest BCUT2D eigenvalue weighted by Gasteiger charge is 2.30. The van der Waals surface area contributed by atoms with E-state index in [2.05, 4.69) is 42.5 Å². The lowest BCUT2D eigenvalue weighted by atomic mass is 9.97. The lowest BCUT2D eigenvalue weighted by molar-refractivity contribution is 0.0194. The van der Waals surface area contributed by atoms with Crippen molar-refractivity contribution in [2.45, 2.75) is 31.8 Å². The molecule has 1 N–H and O–H groups in total. The van der Waals surface area contributed by atoms with Gasteiger partial charge in [-0.15, -0.1) is 11.3 Å². The number of ether oxygens (including phenoxy) is 1. The Morgan fingerprint density at radius 2 is 2.00 bits per heavy atom. The van der Waals surface area contributed by atoms with Crippen molar-refractivity contribution in [3.8, 4) is 0 Å². The fourth-order valence-corrected chi connectivity index (χ4v) is 5.46. The monoisotopic (exact) mass is 405 g/mol. The van der Waals surface area contributed by atoms with E-state index >= 15 is 0 Å². The van der Waals surface area contributed by atoms with Gasteiger partial charge in [0.1, 0.15) is 0 Å². The van der Waals surface area contributed by atoms with Gasteiger partial charge in [-0.1, -0.05) is 6.07 Å². The molecule has 3 aliphatic heterocycles. The van der Waals surface area contributed by atoms with Crippen LogP contribution in [-0.2, 0) is 11.3 Å². The number of nitrogens with one attached hydrogen (secondary N) is 1. The van der Waals surface area contributed by atoms with Gasteiger partial charge in [-0.25, -0.2) is 0 Å². The van der Waals surface area contributed by atoms with Gasteiger partial charge in [0, 0.05) is 57.2 Å². The van der Waals surface area contributed by atoms with Crippen molar-refractivity contribution in [3.05, 3.63) is 22.4 Å². The van der Waals surface area contributed by atoms with E-state index in [0.717, 1.165) is 64.4 Å². The third kappa shape index (κ3) is 5.26. The zero-order valence-corrected chi connectivity index (χ0v) is 18.0. The first-order valence-electron chi connectivity index (χ1n) is 10.8. The highest BCUT2D eigenvalue weighted by atomic mass is 32.1. The number of rotatable bonds is 5. The van der Waals surface area contributed by atoms with Crippen molar-refractivity contribution in [3.63, 3.8) is 0 Å². The molecule has 0 saturated carbocycles. The summed E-state index contributed by atoms with van der Waals surface area (Å²) in [7, 11) is 1.92. The second-order valence-corrected chi connectivity index (χ2v) is 9.30. The molecule has 1 atom stereocenters. The molecule has 0 spiro atoms. The van der Waals surface area contributed by atoms with Crippen LogP contribution in [0.4, 0.5) is 0 Å². The average molecular weight is 406 g/mol. The Balaban J connectivity index is 1.18. The van der Waals surface area contributed by atoms with E-state index in [1.165, 1.54) is 37.2 Å². The standard InChI is InChI=1S/C21H35N5OS/c1-22-21(26-9-6-19(16-26)25-10-12-27-13-11-25)23-15-18-4-7-24(8-5-18)17-20-3-2-14-28-20/h2-3,14,18-19H,4-13,15-17H2,1H3,(H,22,23). The van der Waals surface area contributed by atoms with Crippen LogP contribution in [0.25, 0.3) is 0 Å². The van der Waals surface area contributed by atoms with Crippen molar-refractivity contribution < 1.29 is 4.74 Å². The summed E-state index contributed by atoms with van der Waals surface area (Å²) in [5, 5.41) is 5.86. The van der Waals surface area contributed by atoms with Crippen molar-refractivity contribution in [2.24, 2.45) is 10.9 Å². The molecule has 0 aromatic carbocycles. The summed E-state index contributed by atoms with van der Waals surface area (Å²) >= 11 is 1.87. The first-order chi connectivity index (χ1) is 13.8. The Morgan fingerprint density at radius 1 is 1.18 bits per heavy atom. The van der Waals surface area contributed by atoms with Crippen LogP contribution in [0.1, 0.15) is 24.1 Å². The van der Waals surface area contributed by atoms with Gasteiger partial charge in [0.2, 0.25) is 0 Å². The predicted molar refractivity (Wildman–Crippen MR) is 116 cm³/mol. The van der Waals surface area contributed by atoms with Gasteiger partial charge in [0.05, 0.1) is 13.2 Å². The highest BCUT2D eigenvalue weighted by Crippen LogP contribution is 2.21. The Hall–Kier alpha value is -1.15. The highest BCUT2D eigenvalue weighted by molar-refractivity contribution is 7.09. The third-order valence-corrected chi connectivity index (χ3v) is 7.31. The van der Waals surface area contributed by atoms with Gasteiger partial charge < -0.3 is 15.0 Å². The van der Waals surface area contributed by atoms with Gasteiger partial charge in [0.25, 0.3) is 0 Å². The summed E-state index contributed by atoms with van der Waals surface area (Å²) in [6.07, 6.45) is 3.80. The van der Waals surface area contributed by atoms with Gasteiger partial charge >= 0.3 is 0 Å². The van der Waals surface area contributed by atoms with Crippen molar-refractivity contribution in [1.29, 1.82) is 0 Å². The summed E-state index contributed by atoms with van der Waals surface area (Å²) in [5.74, 6) is 1.85. The molecule has 1 aromatic heterocycles. The van der Waals surface area contributed by atoms with E-state index in [9.17, 15) is 0 Å². The van der Waals surface area contributed by atoms with Crippen LogP contribution in [0, 0.1) is 5.92 Å². The summed E-state index contributed by atoms with van der Waals surface area (Å²) < 4.78 is 5.50. The Bertz CT molecular complexity index is 608. The Kier molecular flexibility index (Phi) is 7.23. The molecule has 0 radical (unpaired) electrons. The van der Waals surface area contributed by atoms with Crippen molar-refractivity contribution in [1.82, 2.24) is 20.0 Å². The molecule has 0 amide bonds. The quantitative estimate of drug-likeness (QED) is 0.599. The molecule has 156 valence electrons. The molecular weight excluding hydrogens is 370 g/mol. The smallest absolute Gasteiger partial charge is 0.193 e. The first kappa shape index (κ1) is 20.1. The molecule has 4 rings (SSSR count). The van der Waals surface area contributed by atoms with E-state index in [1.54, 1.807) is 0 Å². The fourth-order valence-electron chi connectivity index (χ4n) is 4.71. The maximum Gasteiger partial charge on any atom is 0.193 e. The number of morpholine rings is 1. The maximum absolute atomic E-state index is 5.50. The summed E-state index contributed by atoms with van der Waals surface area (Å²) in [5.41, 5.74) is 0. The predicted octanol–water partition coefficient (Wildman–Crippen LogP) is 1.94. The van der Waals surface area contributed by atoms with E-state index in [-0.39, 0.29) is 0 Å². The minimum atomic E-state index is 0.656. The molecule has 3 saturated heterocycles. The number of hydrogen-bond acceptors (Lipinski definition) is 5. The largest absolute Gasteiger partial charge is 0.379 e. The molecule has 3 aliphatic rings. The second-order valence-electron chi connectivity index (χ2n) is 8.26. The maximum atomic E-state index is 5.50. The molecular formula is C21H35N5OS. The van der Waals surface area contributed by atoms with E-state index < -0.39 is 0 Å². The zero-order valence-electron chi connectivity index (χ0n) is 17.2. The Morgan fingerprint density at radius 3 is 2.71 bits per heavy atom. The minimum absolute atomic E-state index is 0.656. The number of piperidine rings is 1. The molecule has 0 aliphatic carbocycles. The molecule has 0 bridgehead atoms. The molecule has 7 heteroatoms. The molecule has 28 heavy (non-hydrogen) atoms. The molecule has 1 aromatic rings. The number of nitrogens with zero attached hydrogens (tertiary/aromatic N) is 4. The minimum Gasteiger partial charge on any atom is -0.379 e. The van der Waals surface area contributed by atoms with Crippen LogP contribution in [0.15, 0.2) is 22.5 Å². The van der Waals surface area contributed by atoms with Crippen LogP contribution in [-0.4, -0.2) is 92.8 Å². The van der Waals surface area contributed by atoms with E-state index in [0.29, 0.717) is 6.04 Å². The molecule has 3 fully saturated rings. The van der Waals surface area contributed by atoms with Crippen LogP contribution in [0.5, 0.6) is 0 Å². The van der Waals surface area contributed by atoms with Gasteiger partial charge in [-0.3, -0.25) is 14.8 Å². The summed E-state index contributed by atoms with van der Waals surface area (Å²) in [6.45, 7) is 10.7. The van der Waals surface area contributed by atoms with E-state index in [1.807, 2.05) is 18.4 Å². The summed E-state index contributed by atoms with van der Waals surface area (Å²) in [6, 6.07) is 5.07. The number of likely N-dealkylation sites (tertiary alicyclic amines) is 2. The Labute approximate surface area is 173 Å². The number of aliphatic imine (C=N–C) groups is 1. The van der Waals surface area contributed by atoms with Gasteiger partial charge in [-0.2, -0.15) is 0 Å². The first-order valence-corrected chi connectivity index (χ1v) is 11.7. The number of guanidine groups is 1. The fraction of sp³-hybridized carbons (Fsp3) is 0.762. The van der Waals surface area contributed by atoms with Crippen molar-refractivity contribution in [2.75, 3.05) is 66.1 Å².